The van der Waals surface area contributed by atoms with E-state index < -0.39 is 6.10 Å². The van der Waals surface area contributed by atoms with Gasteiger partial charge in [0.25, 0.3) is 0 Å². The predicted molar refractivity (Wildman–Crippen MR) is 135 cm³/mol. The van der Waals surface area contributed by atoms with Gasteiger partial charge >= 0.3 is 0 Å². The number of hydrogen-bond acceptors (Lipinski definition) is 3. The van der Waals surface area contributed by atoms with Crippen LogP contribution in [-0.2, 0) is 17.4 Å². The molecule has 4 rings (SSSR count). The third-order valence-electron chi connectivity index (χ3n) is 6.18. The molecule has 0 aliphatic carbocycles. The molecule has 3 aromatic carbocycles. The van der Waals surface area contributed by atoms with Crippen molar-refractivity contribution in [3.8, 4) is 5.75 Å². The summed E-state index contributed by atoms with van der Waals surface area (Å²) >= 11 is 0. The minimum atomic E-state index is -0.927. The van der Waals surface area contributed by atoms with Crippen LogP contribution in [0.25, 0.3) is 11.0 Å². The molecule has 172 valence electrons. The van der Waals surface area contributed by atoms with Crippen molar-refractivity contribution in [2.24, 2.45) is 0 Å². The number of aliphatic hydroxyl groups excluding tert-OH is 1. The molecule has 1 heterocycles. The number of nitrogens with zero attached hydrogens (tertiary/aromatic N) is 2. The Balaban J connectivity index is 1.90. The number of benzene rings is 3. The van der Waals surface area contributed by atoms with Gasteiger partial charge in [-0.05, 0) is 57.3 Å². The molecule has 0 amide bonds. The van der Waals surface area contributed by atoms with E-state index in [1.165, 1.54) is 0 Å². The fourth-order valence-corrected chi connectivity index (χ4v) is 4.34. The second kappa shape index (κ2) is 8.35. The molecule has 0 bridgehead atoms. The van der Waals surface area contributed by atoms with Crippen molar-refractivity contribution in [2.75, 3.05) is 0 Å². The third kappa shape index (κ3) is 4.53. The molecule has 1 aromatic heterocycles. The van der Waals surface area contributed by atoms with Crippen molar-refractivity contribution in [3.63, 3.8) is 0 Å². The zero-order valence-corrected chi connectivity index (χ0v) is 20.4. The fourth-order valence-electron chi connectivity index (χ4n) is 4.34. The first-order valence-corrected chi connectivity index (χ1v) is 11.5. The molecule has 0 saturated heterocycles. The molecule has 0 saturated carbocycles. The summed E-state index contributed by atoms with van der Waals surface area (Å²) in [4.78, 5) is 4.84. The van der Waals surface area contributed by atoms with Crippen LogP contribution >= 0.6 is 0 Å². The van der Waals surface area contributed by atoms with Crippen LogP contribution in [0.4, 0.5) is 0 Å². The van der Waals surface area contributed by atoms with Gasteiger partial charge in [0.1, 0.15) is 17.7 Å². The number of phenolic OH excluding ortho intramolecular Hbond substituents is 1. The number of para-hydroxylation sites is 2. The van der Waals surface area contributed by atoms with E-state index in [0.717, 1.165) is 33.3 Å². The summed E-state index contributed by atoms with van der Waals surface area (Å²) < 4.78 is 2.09. The molecular weight excluding hydrogens is 408 g/mol. The van der Waals surface area contributed by atoms with Gasteiger partial charge in [0.15, 0.2) is 0 Å². The zero-order valence-electron chi connectivity index (χ0n) is 20.4. The van der Waals surface area contributed by atoms with Gasteiger partial charge in [-0.25, -0.2) is 4.98 Å². The Kier molecular flexibility index (Phi) is 5.83. The molecule has 33 heavy (non-hydrogen) atoms. The maximum absolute atomic E-state index is 11.7. The Hall–Kier alpha value is -3.11. The molecule has 0 spiro atoms. The average molecular weight is 443 g/mol. The van der Waals surface area contributed by atoms with E-state index in [1.54, 1.807) is 0 Å². The molecule has 4 heteroatoms. The quantitative estimate of drug-likeness (QED) is 0.381. The first kappa shape index (κ1) is 23.1. The Morgan fingerprint density at radius 1 is 0.818 bits per heavy atom. The van der Waals surface area contributed by atoms with Crippen molar-refractivity contribution in [1.82, 2.24) is 9.55 Å². The number of rotatable bonds is 4. The van der Waals surface area contributed by atoms with Gasteiger partial charge in [0.2, 0.25) is 0 Å². The molecule has 0 aliphatic heterocycles. The van der Waals surface area contributed by atoms with Crippen LogP contribution in [-0.4, -0.2) is 19.8 Å². The Morgan fingerprint density at radius 2 is 1.36 bits per heavy atom. The average Bonchev–Trinajstić information content (AvgIpc) is 3.11. The highest BCUT2D eigenvalue weighted by atomic mass is 16.3. The number of imidazole rings is 1. The number of fused-ring (bicyclic) bond motifs is 1. The number of aromatic nitrogens is 2. The highest BCUT2D eigenvalue weighted by Gasteiger charge is 2.29. The van der Waals surface area contributed by atoms with Crippen LogP contribution in [0.15, 0.2) is 66.7 Å². The van der Waals surface area contributed by atoms with Gasteiger partial charge in [-0.2, -0.15) is 0 Å². The van der Waals surface area contributed by atoms with E-state index in [-0.39, 0.29) is 10.8 Å². The van der Waals surface area contributed by atoms with Crippen molar-refractivity contribution in [3.05, 3.63) is 94.8 Å². The summed E-state index contributed by atoms with van der Waals surface area (Å²) in [6.07, 6.45) is -0.927. The maximum Gasteiger partial charge on any atom is 0.143 e. The molecule has 1 atom stereocenters. The first-order valence-electron chi connectivity index (χ1n) is 11.5. The minimum absolute atomic E-state index is 0.274. The van der Waals surface area contributed by atoms with E-state index >= 15 is 0 Å². The second-order valence-electron chi connectivity index (χ2n) is 10.9. The van der Waals surface area contributed by atoms with Crippen molar-refractivity contribution in [2.45, 2.75) is 65.0 Å². The van der Waals surface area contributed by atoms with E-state index in [0.29, 0.717) is 18.1 Å². The molecule has 4 nitrogen and oxygen atoms in total. The molecule has 0 fully saturated rings. The summed E-state index contributed by atoms with van der Waals surface area (Å²) in [7, 11) is 0. The van der Waals surface area contributed by atoms with E-state index in [9.17, 15) is 10.2 Å². The highest BCUT2D eigenvalue weighted by molar-refractivity contribution is 5.76. The molecule has 4 aromatic rings. The monoisotopic (exact) mass is 442 g/mol. The van der Waals surface area contributed by atoms with Crippen LogP contribution in [0.2, 0.25) is 0 Å². The van der Waals surface area contributed by atoms with Crippen molar-refractivity contribution in [1.29, 1.82) is 0 Å². The summed E-state index contributed by atoms with van der Waals surface area (Å²) in [6.45, 7) is 13.1. The first-order chi connectivity index (χ1) is 15.5. The number of hydrogen-bond donors (Lipinski definition) is 2. The summed E-state index contributed by atoms with van der Waals surface area (Å²) in [5, 5.41) is 22.8. The maximum atomic E-state index is 11.7. The summed E-state index contributed by atoms with van der Waals surface area (Å²) in [5.41, 5.74) is 4.84. The standard InChI is InChI=1S/C29H34N2O2/c1-28(2,3)21-16-20(17-22(26(21)33)29(4,5)6)25(32)27-30-23-14-10-11-15-24(23)31(27)18-19-12-8-7-9-13-19/h7-17,25,32-33H,18H2,1-6H3/t25-/m0/s1. The lowest BCUT2D eigenvalue weighted by Gasteiger charge is -2.29. The van der Waals surface area contributed by atoms with Crippen LogP contribution in [0.5, 0.6) is 5.75 Å². The van der Waals surface area contributed by atoms with Gasteiger partial charge in [0, 0.05) is 6.54 Å². The molecule has 2 N–H and O–H groups in total. The van der Waals surface area contributed by atoms with Crippen LogP contribution in [0.3, 0.4) is 0 Å². The minimum Gasteiger partial charge on any atom is -0.507 e. The van der Waals surface area contributed by atoms with Gasteiger partial charge in [0.05, 0.1) is 11.0 Å². The number of aromatic hydroxyl groups is 1. The van der Waals surface area contributed by atoms with E-state index in [1.807, 2.05) is 54.6 Å². The molecule has 0 radical (unpaired) electrons. The van der Waals surface area contributed by atoms with Gasteiger partial charge in [-0.15, -0.1) is 0 Å². The Bertz CT molecular complexity index is 1240. The topological polar surface area (TPSA) is 58.3 Å². The van der Waals surface area contributed by atoms with Crippen molar-refractivity contribution >= 4 is 11.0 Å². The van der Waals surface area contributed by atoms with E-state index in [4.69, 9.17) is 4.98 Å². The van der Waals surface area contributed by atoms with Crippen molar-refractivity contribution < 1.29 is 10.2 Å². The fraction of sp³-hybridized carbons (Fsp3) is 0.345. The number of phenols is 1. The SMILES string of the molecule is CC(C)(C)c1cc([C@H](O)c2nc3ccccc3n2Cc2ccccc2)cc(C(C)(C)C)c1O. The van der Waals surface area contributed by atoms with E-state index in [2.05, 4.69) is 58.2 Å². The summed E-state index contributed by atoms with van der Waals surface area (Å²) in [5.74, 6) is 0.911. The van der Waals surface area contributed by atoms with Gasteiger partial charge in [-0.1, -0.05) is 84.0 Å². The lowest BCUT2D eigenvalue weighted by molar-refractivity contribution is 0.205. The second-order valence-corrected chi connectivity index (χ2v) is 10.9. The van der Waals surface area contributed by atoms with Gasteiger partial charge in [-0.3, -0.25) is 0 Å². The largest absolute Gasteiger partial charge is 0.507 e. The van der Waals surface area contributed by atoms with Crippen LogP contribution in [0.1, 0.15) is 75.7 Å². The molecule has 0 unspecified atom stereocenters. The zero-order chi connectivity index (χ0) is 24.0. The third-order valence-corrected chi connectivity index (χ3v) is 6.18. The summed E-state index contributed by atoms with van der Waals surface area (Å²) in [6, 6.07) is 22.1. The Morgan fingerprint density at radius 3 is 1.94 bits per heavy atom. The lowest BCUT2D eigenvalue weighted by Crippen LogP contribution is -2.19. The molecular formula is C29H34N2O2. The highest BCUT2D eigenvalue weighted by Crippen LogP contribution is 2.41. The lowest BCUT2D eigenvalue weighted by atomic mass is 9.78. The van der Waals surface area contributed by atoms with Crippen LogP contribution in [0, 0.1) is 0 Å². The Labute approximate surface area is 196 Å². The van der Waals surface area contributed by atoms with Crippen LogP contribution < -0.4 is 0 Å². The smallest absolute Gasteiger partial charge is 0.143 e. The van der Waals surface area contributed by atoms with Gasteiger partial charge < -0.3 is 14.8 Å². The normalized spacial score (nSPS) is 13.4. The molecule has 0 aliphatic rings. The number of aliphatic hydroxyl groups is 1. The predicted octanol–water partition coefficient (Wildman–Crippen LogP) is 6.47.